The van der Waals surface area contributed by atoms with Gasteiger partial charge in [0, 0.05) is 11.7 Å². The molecule has 0 aromatic carbocycles. The maximum absolute atomic E-state index is 4.35. The predicted octanol–water partition coefficient (Wildman–Crippen LogP) is 2.08. The van der Waals surface area contributed by atoms with Gasteiger partial charge in [0.25, 0.3) is 0 Å². The van der Waals surface area contributed by atoms with Crippen LogP contribution >= 0.6 is 0 Å². The zero-order valence-electron chi connectivity index (χ0n) is 10.4. The lowest BCUT2D eigenvalue weighted by atomic mass is 10.1. The van der Waals surface area contributed by atoms with Gasteiger partial charge in [-0.15, -0.1) is 0 Å². The van der Waals surface area contributed by atoms with Crippen LogP contribution in [0.4, 0.5) is 0 Å². The predicted molar refractivity (Wildman–Crippen MR) is 64.2 cm³/mol. The van der Waals surface area contributed by atoms with E-state index < -0.39 is 0 Å². The van der Waals surface area contributed by atoms with Crippen LogP contribution in [-0.4, -0.2) is 22.8 Å². The van der Waals surface area contributed by atoms with Crippen LogP contribution in [0.15, 0.2) is 0 Å². The van der Waals surface area contributed by atoms with E-state index in [1.807, 2.05) is 0 Å². The molecule has 86 valence electrons. The monoisotopic (exact) mass is 209 g/mol. The number of hydrogen-bond donors (Lipinski definition) is 2. The van der Waals surface area contributed by atoms with Gasteiger partial charge < -0.3 is 5.32 Å². The minimum Gasteiger partial charge on any atom is -0.314 e. The van der Waals surface area contributed by atoms with Crippen molar-refractivity contribution in [2.75, 3.05) is 6.54 Å². The Labute approximate surface area is 92.7 Å². The van der Waals surface area contributed by atoms with Crippen LogP contribution in [0.1, 0.15) is 44.6 Å². The van der Waals surface area contributed by atoms with Crippen molar-refractivity contribution in [1.82, 2.24) is 15.5 Å². The SMILES string of the molecule is CCc1n[nH]c(CC)c1CCNC(C)C. The molecule has 0 aliphatic rings. The van der Waals surface area contributed by atoms with Gasteiger partial charge in [-0.25, -0.2) is 0 Å². The fourth-order valence-electron chi connectivity index (χ4n) is 1.81. The van der Waals surface area contributed by atoms with Crippen molar-refractivity contribution < 1.29 is 0 Å². The third kappa shape index (κ3) is 3.34. The molecule has 3 heteroatoms. The van der Waals surface area contributed by atoms with Crippen LogP contribution < -0.4 is 5.32 Å². The highest BCUT2D eigenvalue weighted by molar-refractivity contribution is 5.25. The average Bonchev–Trinajstić information content (AvgIpc) is 2.59. The summed E-state index contributed by atoms with van der Waals surface area (Å²) >= 11 is 0. The quantitative estimate of drug-likeness (QED) is 0.753. The standard InChI is InChI=1S/C12H23N3/c1-5-11-10(7-8-13-9(3)4)12(6-2)15-14-11/h9,13H,5-8H2,1-4H3,(H,14,15). The van der Waals surface area contributed by atoms with Gasteiger partial charge in [0.15, 0.2) is 0 Å². The van der Waals surface area contributed by atoms with Crippen molar-refractivity contribution >= 4 is 0 Å². The van der Waals surface area contributed by atoms with E-state index in [1.54, 1.807) is 0 Å². The summed E-state index contributed by atoms with van der Waals surface area (Å²) in [6.45, 7) is 9.73. The van der Waals surface area contributed by atoms with E-state index in [0.29, 0.717) is 6.04 Å². The summed E-state index contributed by atoms with van der Waals surface area (Å²) in [5.74, 6) is 0. The summed E-state index contributed by atoms with van der Waals surface area (Å²) in [4.78, 5) is 0. The number of rotatable bonds is 6. The second-order valence-electron chi connectivity index (χ2n) is 4.19. The van der Waals surface area contributed by atoms with Crippen molar-refractivity contribution in [2.45, 2.75) is 53.0 Å². The van der Waals surface area contributed by atoms with Crippen LogP contribution in [0.5, 0.6) is 0 Å². The third-order valence-electron chi connectivity index (χ3n) is 2.65. The molecule has 1 rings (SSSR count). The highest BCUT2D eigenvalue weighted by atomic mass is 15.1. The minimum absolute atomic E-state index is 0.562. The maximum Gasteiger partial charge on any atom is 0.0654 e. The first-order valence-corrected chi connectivity index (χ1v) is 5.97. The molecule has 1 heterocycles. The Morgan fingerprint density at radius 2 is 2.00 bits per heavy atom. The smallest absolute Gasteiger partial charge is 0.0654 e. The van der Waals surface area contributed by atoms with Gasteiger partial charge >= 0.3 is 0 Å². The Balaban J connectivity index is 2.60. The number of hydrogen-bond acceptors (Lipinski definition) is 2. The summed E-state index contributed by atoms with van der Waals surface area (Å²) in [7, 11) is 0. The lowest BCUT2D eigenvalue weighted by molar-refractivity contribution is 0.588. The van der Waals surface area contributed by atoms with Gasteiger partial charge in [-0.3, -0.25) is 5.10 Å². The van der Waals surface area contributed by atoms with E-state index in [-0.39, 0.29) is 0 Å². The van der Waals surface area contributed by atoms with Crippen molar-refractivity contribution in [3.63, 3.8) is 0 Å². The molecule has 3 nitrogen and oxygen atoms in total. The Hall–Kier alpha value is -0.830. The summed E-state index contributed by atoms with van der Waals surface area (Å²) in [6.07, 6.45) is 3.15. The van der Waals surface area contributed by atoms with Crippen LogP contribution in [0.2, 0.25) is 0 Å². The molecular weight excluding hydrogens is 186 g/mol. The number of nitrogens with one attached hydrogen (secondary N) is 2. The molecular formula is C12H23N3. The molecule has 0 saturated heterocycles. The zero-order chi connectivity index (χ0) is 11.3. The van der Waals surface area contributed by atoms with Gasteiger partial charge in [-0.1, -0.05) is 27.7 Å². The van der Waals surface area contributed by atoms with E-state index >= 15 is 0 Å². The molecule has 0 atom stereocenters. The number of aromatic nitrogens is 2. The lowest BCUT2D eigenvalue weighted by Crippen LogP contribution is -2.25. The Kier molecular flexibility index (Phi) is 4.82. The molecule has 0 aliphatic heterocycles. The molecule has 0 saturated carbocycles. The molecule has 0 bridgehead atoms. The molecule has 1 aromatic heterocycles. The molecule has 0 unspecified atom stereocenters. The van der Waals surface area contributed by atoms with E-state index in [1.165, 1.54) is 17.0 Å². The van der Waals surface area contributed by atoms with Crippen molar-refractivity contribution in [1.29, 1.82) is 0 Å². The minimum atomic E-state index is 0.562. The summed E-state index contributed by atoms with van der Waals surface area (Å²) in [5.41, 5.74) is 3.96. The van der Waals surface area contributed by atoms with E-state index in [9.17, 15) is 0 Å². The molecule has 0 spiro atoms. The zero-order valence-corrected chi connectivity index (χ0v) is 10.4. The molecule has 1 aromatic rings. The van der Waals surface area contributed by atoms with E-state index in [4.69, 9.17) is 0 Å². The van der Waals surface area contributed by atoms with Crippen LogP contribution in [0.3, 0.4) is 0 Å². The summed E-state index contributed by atoms with van der Waals surface area (Å²) in [5, 5.41) is 10.9. The molecule has 2 N–H and O–H groups in total. The van der Waals surface area contributed by atoms with Gasteiger partial charge in [0.1, 0.15) is 0 Å². The Morgan fingerprint density at radius 1 is 1.27 bits per heavy atom. The van der Waals surface area contributed by atoms with Crippen LogP contribution in [0, 0.1) is 0 Å². The van der Waals surface area contributed by atoms with Gasteiger partial charge in [-0.05, 0) is 31.4 Å². The first-order valence-electron chi connectivity index (χ1n) is 5.97. The van der Waals surface area contributed by atoms with Crippen LogP contribution in [-0.2, 0) is 19.3 Å². The molecule has 15 heavy (non-hydrogen) atoms. The number of nitrogens with zero attached hydrogens (tertiary/aromatic N) is 1. The Bertz CT molecular complexity index is 268. The normalized spacial score (nSPS) is 11.3. The average molecular weight is 209 g/mol. The molecule has 0 amide bonds. The topological polar surface area (TPSA) is 40.7 Å². The fourth-order valence-corrected chi connectivity index (χ4v) is 1.81. The second kappa shape index (κ2) is 5.91. The van der Waals surface area contributed by atoms with Crippen molar-refractivity contribution in [3.05, 3.63) is 17.0 Å². The summed E-state index contributed by atoms with van der Waals surface area (Å²) < 4.78 is 0. The van der Waals surface area contributed by atoms with E-state index in [0.717, 1.165) is 25.8 Å². The van der Waals surface area contributed by atoms with Gasteiger partial charge in [-0.2, -0.15) is 5.10 Å². The fraction of sp³-hybridized carbons (Fsp3) is 0.750. The highest BCUT2D eigenvalue weighted by Gasteiger charge is 2.09. The highest BCUT2D eigenvalue weighted by Crippen LogP contribution is 2.13. The second-order valence-corrected chi connectivity index (χ2v) is 4.19. The number of H-pyrrole nitrogens is 1. The lowest BCUT2D eigenvalue weighted by Gasteiger charge is -2.08. The summed E-state index contributed by atoms with van der Waals surface area (Å²) in [6, 6.07) is 0.562. The van der Waals surface area contributed by atoms with E-state index in [2.05, 4.69) is 43.2 Å². The number of aromatic amines is 1. The van der Waals surface area contributed by atoms with Crippen LogP contribution in [0.25, 0.3) is 0 Å². The molecule has 0 aliphatic carbocycles. The molecule has 0 fully saturated rings. The first-order chi connectivity index (χ1) is 7.19. The Morgan fingerprint density at radius 3 is 2.53 bits per heavy atom. The largest absolute Gasteiger partial charge is 0.314 e. The number of aryl methyl sites for hydroxylation is 2. The first kappa shape index (κ1) is 12.2. The van der Waals surface area contributed by atoms with Gasteiger partial charge in [0.2, 0.25) is 0 Å². The van der Waals surface area contributed by atoms with Gasteiger partial charge in [0.05, 0.1) is 5.69 Å². The third-order valence-corrected chi connectivity index (χ3v) is 2.65. The molecule has 0 radical (unpaired) electrons. The van der Waals surface area contributed by atoms with Crippen molar-refractivity contribution in [2.24, 2.45) is 0 Å². The van der Waals surface area contributed by atoms with Crippen molar-refractivity contribution in [3.8, 4) is 0 Å². The maximum atomic E-state index is 4.35.